The SMILES string of the molecule is CCN(CC)C(=O)[C@@H]1C=C2c3cccc4[nH]cc(c34)C[C@H]2N(C2CC2)C1. The number of H-pyrrole nitrogens is 1. The number of nitrogens with zero attached hydrogens (tertiary/aromatic N) is 2. The molecule has 0 radical (unpaired) electrons. The molecule has 2 aliphatic carbocycles. The number of benzene rings is 1. The van der Waals surface area contributed by atoms with Crippen LogP contribution in [0.15, 0.2) is 30.5 Å². The predicted octanol–water partition coefficient (Wildman–Crippen LogP) is 3.44. The molecule has 1 aromatic heterocycles. The summed E-state index contributed by atoms with van der Waals surface area (Å²) >= 11 is 0. The highest BCUT2D eigenvalue weighted by molar-refractivity contribution is 5.99. The largest absolute Gasteiger partial charge is 0.361 e. The van der Waals surface area contributed by atoms with Crippen molar-refractivity contribution in [2.24, 2.45) is 5.92 Å². The molecule has 5 rings (SSSR count). The van der Waals surface area contributed by atoms with E-state index in [1.807, 2.05) is 4.90 Å². The fraction of sp³-hybridized carbons (Fsp3) is 0.500. The predicted molar refractivity (Wildman–Crippen MR) is 105 cm³/mol. The number of aromatic amines is 1. The molecule has 4 nitrogen and oxygen atoms in total. The van der Waals surface area contributed by atoms with Gasteiger partial charge in [-0.2, -0.15) is 0 Å². The Hall–Kier alpha value is -2.07. The summed E-state index contributed by atoms with van der Waals surface area (Å²) in [6.07, 6.45) is 8.10. The first-order valence-electron chi connectivity index (χ1n) is 10.1. The van der Waals surface area contributed by atoms with E-state index in [0.29, 0.717) is 18.0 Å². The van der Waals surface area contributed by atoms with Crippen molar-refractivity contribution in [1.82, 2.24) is 14.8 Å². The molecule has 2 atom stereocenters. The van der Waals surface area contributed by atoms with Crippen molar-refractivity contribution in [2.45, 2.75) is 45.2 Å². The Bertz CT molecular complexity index is 888. The number of hydrogen-bond donors (Lipinski definition) is 1. The first-order chi connectivity index (χ1) is 12.7. The lowest BCUT2D eigenvalue weighted by molar-refractivity contribution is -0.134. The van der Waals surface area contributed by atoms with E-state index in [-0.39, 0.29) is 5.92 Å². The second-order valence-corrected chi connectivity index (χ2v) is 7.93. The Labute approximate surface area is 154 Å². The van der Waals surface area contributed by atoms with E-state index in [9.17, 15) is 4.79 Å². The third-order valence-corrected chi connectivity index (χ3v) is 6.47. The molecule has 2 aromatic rings. The van der Waals surface area contributed by atoms with Crippen LogP contribution in [0.2, 0.25) is 0 Å². The number of carbonyl (C=O) groups is 1. The lowest BCUT2D eigenvalue weighted by atomic mass is 9.79. The van der Waals surface area contributed by atoms with Gasteiger partial charge in [-0.05, 0) is 55.9 Å². The molecule has 1 aromatic carbocycles. The van der Waals surface area contributed by atoms with Gasteiger partial charge in [-0.3, -0.25) is 9.69 Å². The summed E-state index contributed by atoms with van der Waals surface area (Å²) in [6.45, 7) is 6.61. The van der Waals surface area contributed by atoms with Crippen molar-refractivity contribution in [3.63, 3.8) is 0 Å². The summed E-state index contributed by atoms with van der Waals surface area (Å²) in [5.74, 6) is 0.274. The minimum Gasteiger partial charge on any atom is -0.361 e. The number of nitrogens with one attached hydrogen (secondary N) is 1. The average molecular weight is 349 g/mol. The van der Waals surface area contributed by atoms with Crippen molar-refractivity contribution in [2.75, 3.05) is 19.6 Å². The minimum atomic E-state index is -0.0162. The van der Waals surface area contributed by atoms with Gasteiger partial charge in [0.05, 0.1) is 5.92 Å². The van der Waals surface area contributed by atoms with Gasteiger partial charge < -0.3 is 9.88 Å². The van der Waals surface area contributed by atoms with E-state index in [2.05, 4.69) is 54.2 Å². The van der Waals surface area contributed by atoms with Gasteiger partial charge in [-0.25, -0.2) is 0 Å². The molecule has 0 saturated heterocycles. The number of aromatic nitrogens is 1. The molecule has 1 amide bonds. The van der Waals surface area contributed by atoms with Crippen molar-refractivity contribution < 1.29 is 4.79 Å². The molecule has 136 valence electrons. The molecule has 26 heavy (non-hydrogen) atoms. The van der Waals surface area contributed by atoms with Crippen LogP contribution in [0.25, 0.3) is 16.5 Å². The van der Waals surface area contributed by atoms with Crippen molar-refractivity contribution in [3.05, 3.63) is 41.6 Å². The topological polar surface area (TPSA) is 39.3 Å². The first kappa shape index (κ1) is 16.1. The van der Waals surface area contributed by atoms with Crippen LogP contribution in [-0.2, 0) is 11.2 Å². The van der Waals surface area contributed by atoms with E-state index in [1.165, 1.54) is 40.4 Å². The second kappa shape index (κ2) is 5.98. The summed E-state index contributed by atoms with van der Waals surface area (Å²) < 4.78 is 0. The molecule has 1 aliphatic heterocycles. The Balaban J connectivity index is 1.61. The standard InChI is InChI=1S/C22H27N3O/c1-3-24(4-2)22(26)15-10-18-17-6-5-7-19-21(17)14(12-23-19)11-20(18)25(13-15)16-8-9-16/h5-7,10,12,15-16,20,23H,3-4,8-9,11,13H2,1-2H3/t15-,20-/m1/s1. The van der Waals surface area contributed by atoms with Crippen molar-refractivity contribution in [3.8, 4) is 0 Å². The number of rotatable bonds is 4. The molecule has 0 bridgehead atoms. The summed E-state index contributed by atoms with van der Waals surface area (Å²) in [5, 5.41) is 1.36. The van der Waals surface area contributed by atoms with Gasteiger partial charge in [0.25, 0.3) is 0 Å². The molecule has 0 unspecified atom stereocenters. The zero-order valence-electron chi connectivity index (χ0n) is 15.7. The molecule has 1 fully saturated rings. The van der Waals surface area contributed by atoms with Gasteiger partial charge in [0.1, 0.15) is 0 Å². The zero-order valence-corrected chi connectivity index (χ0v) is 15.7. The molecule has 1 saturated carbocycles. The van der Waals surface area contributed by atoms with Crippen molar-refractivity contribution in [1.29, 1.82) is 0 Å². The highest BCUT2D eigenvalue weighted by atomic mass is 16.2. The number of amides is 1. The Morgan fingerprint density at radius 2 is 2.08 bits per heavy atom. The van der Waals surface area contributed by atoms with Crippen molar-refractivity contribution >= 4 is 22.4 Å². The Morgan fingerprint density at radius 3 is 2.81 bits per heavy atom. The first-order valence-corrected chi connectivity index (χ1v) is 10.1. The summed E-state index contributed by atoms with van der Waals surface area (Å²) in [5.41, 5.74) is 5.35. The fourth-order valence-electron chi connectivity index (χ4n) is 5.00. The van der Waals surface area contributed by atoms with Crippen LogP contribution in [0.4, 0.5) is 0 Å². The summed E-state index contributed by atoms with van der Waals surface area (Å²) in [7, 11) is 0. The maximum atomic E-state index is 13.1. The van der Waals surface area contributed by atoms with Crippen LogP contribution in [0, 0.1) is 5.92 Å². The van der Waals surface area contributed by atoms with E-state index in [0.717, 1.165) is 26.1 Å². The molecule has 2 heterocycles. The lowest BCUT2D eigenvalue weighted by Crippen LogP contribution is -2.50. The second-order valence-electron chi connectivity index (χ2n) is 7.93. The van der Waals surface area contributed by atoms with Crippen LogP contribution in [0.5, 0.6) is 0 Å². The zero-order chi connectivity index (χ0) is 17.8. The van der Waals surface area contributed by atoms with Crippen LogP contribution < -0.4 is 0 Å². The quantitative estimate of drug-likeness (QED) is 0.918. The maximum absolute atomic E-state index is 13.1. The van der Waals surface area contributed by atoms with Gasteiger partial charge >= 0.3 is 0 Å². The monoisotopic (exact) mass is 349 g/mol. The average Bonchev–Trinajstić information content (AvgIpc) is 3.44. The number of hydrogen-bond acceptors (Lipinski definition) is 2. The van der Waals surface area contributed by atoms with Crippen LogP contribution in [-0.4, -0.2) is 52.4 Å². The molecule has 0 spiro atoms. The van der Waals surface area contributed by atoms with Crippen LogP contribution >= 0.6 is 0 Å². The molecular formula is C22H27N3O. The Kier molecular flexibility index (Phi) is 3.71. The molecule has 3 aliphatic rings. The lowest BCUT2D eigenvalue weighted by Gasteiger charge is -2.42. The van der Waals surface area contributed by atoms with E-state index in [4.69, 9.17) is 0 Å². The highest BCUT2D eigenvalue weighted by Crippen LogP contribution is 2.44. The molecular weight excluding hydrogens is 322 g/mol. The van der Waals surface area contributed by atoms with Crippen LogP contribution in [0.3, 0.4) is 0 Å². The van der Waals surface area contributed by atoms with E-state index < -0.39 is 0 Å². The fourth-order valence-corrected chi connectivity index (χ4v) is 5.00. The molecule has 4 heteroatoms. The number of carbonyl (C=O) groups excluding carboxylic acids is 1. The van der Waals surface area contributed by atoms with Gasteiger partial charge in [0.2, 0.25) is 5.91 Å². The third kappa shape index (κ3) is 2.35. The smallest absolute Gasteiger partial charge is 0.230 e. The number of fused-ring (bicyclic) bond motifs is 2. The Morgan fingerprint density at radius 1 is 1.27 bits per heavy atom. The van der Waals surface area contributed by atoms with E-state index in [1.54, 1.807) is 0 Å². The van der Waals surface area contributed by atoms with Crippen LogP contribution in [0.1, 0.15) is 37.8 Å². The van der Waals surface area contributed by atoms with Gasteiger partial charge in [0.15, 0.2) is 0 Å². The summed E-state index contributed by atoms with van der Waals surface area (Å²) in [6, 6.07) is 7.63. The van der Waals surface area contributed by atoms with Gasteiger partial charge in [0, 0.05) is 48.8 Å². The normalized spacial score (nSPS) is 25.1. The summed E-state index contributed by atoms with van der Waals surface area (Å²) in [4.78, 5) is 21.2. The highest BCUT2D eigenvalue weighted by Gasteiger charge is 2.43. The maximum Gasteiger partial charge on any atom is 0.230 e. The minimum absolute atomic E-state index is 0.0162. The van der Waals surface area contributed by atoms with Gasteiger partial charge in [-0.1, -0.05) is 18.2 Å². The van der Waals surface area contributed by atoms with Gasteiger partial charge in [-0.15, -0.1) is 0 Å². The third-order valence-electron chi connectivity index (χ3n) is 6.47. The molecule has 1 N–H and O–H groups in total. The van der Waals surface area contributed by atoms with E-state index >= 15 is 0 Å².